The van der Waals surface area contributed by atoms with Gasteiger partial charge in [-0.1, -0.05) is 0 Å². The molecule has 0 radical (unpaired) electrons. The summed E-state index contributed by atoms with van der Waals surface area (Å²) in [6, 6.07) is 1.79. The maximum Gasteiger partial charge on any atom is 0.218 e. The Kier molecular flexibility index (Phi) is 7.05. The molecule has 0 saturated heterocycles. The Labute approximate surface area is 108 Å². The van der Waals surface area contributed by atoms with Crippen molar-refractivity contribution < 1.29 is 9.47 Å². The van der Waals surface area contributed by atoms with Gasteiger partial charge in [0.05, 0.1) is 12.7 Å². The van der Waals surface area contributed by atoms with Crippen molar-refractivity contribution in [3.05, 3.63) is 12.4 Å². The number of nitrogens with zero attached hydrogens (tertiary/aromatic N) is 2. The molecule has 6 heteroatoms. The minimum Gasteiger partial charge on any atom is -0.475 e. The molecule has 6 nitrogen and oxygen atoms in total. The average molecular weight is 254 g/mol. The zero-order valence-corrected chi connectivity index (χ0v) is 11.1. The van der Waals surface area contributed by atoms with E-state index in [1.54, 1.807) is 6.07 Å². The summed E-state index contributed by atoms with van der Waals surface area (Å²) >= 11 is 0. The summed E-state index contributed by atoms with van der Waals surface area (Å²) in [6.45, 7) is 6.59. The second-order valence-corrected chi connectivity index (χ2v) is 4.09. The molecule has 0 aromatic carbocycles. The van der Waals surface area contributed by atoms with Crippen LogP contribution in [0.15, 0.2) is 12.4 Å². The van der Waals surface area contributed by atoms with Crippen LogP contribution < -0.4 is 15.8 Å². The molecule has 1 heterocycles. The predicted octanol–water partition coefficient (Wildman–Crippen LogP) is 1.04. The largest absolute Gasteiger partial charge is 0.475 e. The van der Waals surface area contributed by atoms with Crippen LogP contribution >= 0.6 is 0 Å². The lowest BCUT2D eigenvalue weighted by Gasteiger charge is -2.10. The zero-order valence-electron chi connectivity index (χ0n) is 11.1. The molecule has 1 aromatic heterocycles. The summed E-state index contributed by atoms with van der Waals surface area (Å²) < 4.78 is 10.8. The Morgan fingerprint density at radius 1 is 1.33 bits per heavy atom. The quantitative estimate of drug-likeness (QED) is 0.641. The minimum absolute atomic E-state index is 0.109. The van der Waals surface area contributed by atoms with Gasteiger partial charge in [-0.2, -0.15) is 0 Å². The molecule has 3 N–H and O–H groups in total. The van der Waals surface area contributed by atoms with E-state index in [1.807, 2.05) is 13.8 Å². The predicted molar refractivity (Wildman–Crippen MR) is 70.8 cm³/mol. The fourth-order valence-electron chi connectivity index (χ4n) is 1.32. The number of hydrogen-bond donors (Lipinski definition) is 2. The number of hydrogen-bond acceptors (Lipinski definition) is 6. The lowest BCUT2D eigenvalue weighted by atomic mass is 10.4. The highest BCUT2D eigenvalue weighted by molar-refractivity contribution is 5.36. The van der Waals surface area contributed by atoms with Gasteiger partial charge in [0.2, 0.25) is 5.88 Å². The molecule has 0 fully saturated rings. The van der Waals surface area contributed by atoms with E-state index < -0.39 is 0 Å². The maximum atomic E-state index is 5.48. The normalized spacial score (nSPS) is 10.7. The van der Waals surface area contributed by atoms with E-state index in [2.05, 4.69) is 15.3 Å². The van der Waals surface area contributed by atoms with Crippen molar-refractivity contribution >= 4 is 5.82 Å². The Hall–Kier alpha value is -1.40. The summed E-state index contributed by atoms with van der Waals surface area (Å²) in [5, 5.41) is 3.19. The molecule has 1 aromatic rings. The first-order valence-electron chi connectivity index (χ1n) is 6.22. The van der Waals surface area contributed by atoms with E-state index in [0.717, 1.165) is 18.8 Å². The van der Waals surface area contributed by atoms with Gasteiger partial charge in [0, 0.05) is 25.8 Å². The highest BCUT2D eigenvalue weighted by Crippen LogP contribution is 2.12. The third kappa shape index (κ3) is 6.36. The van der Waals surface area contributed by atoms with E-state index in [1.165, 1.54) is 6.33 Å². The van der Waals surface area contributed by atoms with E-state index in [9.17, 15) is 0 Å². The van der Waals surface area contributed by atoms with E-state index in [4.69, 9.17) is 15.2 Å². The summed E-state index contributed by atoms with van der Waals surface area (Å²) in [5.41, 5.74) is 5.32. The summed E-state index contributed by atoms with van der Waals surface area (Å²) in [5.74, 6) is 1.35. The van der Waals surface area contributed by atoms with Crippen molar-refractivity contribution in [3.63, 3.8) is 0 Å². The molecule has 0 saturated carbocycles. The number of nitrogens with two attached hydrogens (primary N) is 1. The Morgan fingerprint density at radius 3 is 2.89 bits per heavy atom. The van der Waals surface area contributed by atoms with Gasteiger partial charge in [0.25, 0.3) is 0 Å². The van der Waals surface area contributed by atoms with Crippen molar-refractivity contribution in [2.24, 2.45) is 5.73 Å². The smallest absolute Gasteiger partial charge is 0.218 e. The van der Waals surface area contributed by atoms with Gasteiger partial charge in [-0.05, 0) is 20.3 Å². The van der Waals surface area contributed by atoms with Gasteiger partial charge in [0.15, 0.2) is 0 Å². The fraction of sp³-hybridized carbons (Fsp3) is 0.667. The van der Waals surface area contributed by atoms with E-state index in [0.29, 0.717) is 25.6 Å². The van der Waals surface area contributed by atoms with E-state index in [-0.39, 0.29) is 6.10 Å². The number of nitrogens with one attached hydrogen (secondary N) is 1. The zero-order chi connectivity index (χ0) is 13.2. The van der Waals surface area contributed by atoms with Crippen LogP contribution in [0.3, 0.4) is 0 Å². The first-order valence-corrected chi connectivity index (χ1v) is 6.22. The highest BCUT2D eigenvalue weighted by atomic mass is 16.5. The van der Waals surface area contributed by atoms with E-state index >= 15 is 0 Å². The van der Waals surface area contributed by atoms with Crippen LogP contribution in [0.5, 0.6) is 5.88 Å². The Bertz CT molecular complexity index is 334. The first kappa shape index (κ1) is 14.7. The molecule has 1 rings (SSSR count). The van der Waals surface area contributed by atoms with Crippen LogP contribution in [0, 0.1) is 0 Å². The molecule has 0 aliphatic rings. The topological polar surface area (TPSA) is 82.3 Å². The monoisotopic (exact) mass is 254 g/mol. The number of aromatic nitrogens is 2. The van der Waals surface area contributed by atoms with Crippen molar-refractivity contribution in [1.82, 2.24) is 9.97 Å². The van der Waals surface area contributed by atoms with Crippen molar-refractivity contribution in [1.29, 1.82) is 0 Å². The van der Waals surface area contributed by atoms with Gasteiger partial charge in [0.1, 0.15) is 12.1 Å². The maximum absolute atomic E-state index is 5.48. The summed E-state index contributed by atoms with van der Waals surface area (Å²) in [4.78, 5) is 8.15. The van der Waals surface area contributed by atoms with Crippen LogP contribution in [0.1, 0.15) is 20.3 Å². The Morgan fingerprint density at radius 2 is 2.17 bits per heavy atom. The average Bonchev–Trinajstić information content (AvgIpc) is 2.33. The van der Waals surface area contributed by atoms with Crippen LogP contribution in [-0.2, 0) is 4.74 Å². The molecule has 0 aliphatic carbocycles. The molecule has 0 bridgehead atoms. The molecule has 102 valence electrons. The lowest BCUT2D eigenvalue weighted by molar-refractivity contribution is 0.141. The first-order chi connectivity index (χ1) is 8.72. The summed E-state index contributed by atoms with van der Waals surface area (Å²) in [6.07, 6.45) is 2.51. The molecule has 0 unspecified atom stereocenters. The van der Waals surface area contributed by atoms with Gasteiger partial charge >= 0.3 is 0 Å². The minimum atomic E-state index is 0.109. The fourth-order valence-corrected chi connectivity index (χ4v) is 1.32. The third-order valence-electron chi connectivity index (χ3n) is 2.03. The Balaban J connectivity index is 2.25. The van der Waals surface area contributed by atoms with Crippen LogP contribution in [0.2, 0.25) is 0 Å². The molecule has 18 heavy (non-hydrogen) atoms. The van der Waals surface area contributed by atoms with Crippen LogP contribution in [-0.4, -0.2) is 42.4 Å². The van der Waals surface area contributed by atoms with Crippen LogP contribution in [0.4, 0.5) is 5.82 Å². The second-order valence-electron chi connectivity index (χ2n) is 4.09. The van der Waals surface area contributed by atoms with Crippen molar-refractivity contribution in [2.45, 2.75) is 26.4 Å². The SMILES string of the molecule is CC(C)Oc1cc(NCCCOCCN)ncn1. The number of anilines is 1. The molecule has 0 amide bonds. The highest BCUT2D eigenvalue weighted by Gasteiger charge is 2.01. The summed E-state index contributed by atoms with van der Waals surface area (Å²) in [7, 11) is 0. The number of rotatable bonds is 9. The van der Waals surface area contributed by atoms with Gasteiger partial charge in [-0.15, -0.1) is 0 Å². The van der Waals surface area contributed by atoms with Gasteiger partial charge < -0.3 is 20.5 Å². The van der Waals surface area contributed by atoms with Gasteiger partial charge in [-0.3, -0.25) is 0 Å². The molecule has 0 atom stereocenters. The second kappa shape index (κ2) is 8.66. The molecule has 0 spiro atoms. The number of ether oxygens (including phenoxy) is 2. The molecular formula is C12H22N4O2. The van der Waals surface area contributed by atoms with Crippen molar-refractivity contribution in [2.75, 3.05) is 31.6 Å². The van der Waals surface area contributed by atoms with Gasteiger partial charge in [-0.25, -0.2) is 9.97 Å². The lowest BCUT2D eigenvalue weighted by Crippen LogP contribution is -2.12. The molecule has 0 aliphatic heterocycles. The standard InChI is InChI=1S/C12H22N4O2/c1-10(2)18-12-8-11(15-9-16-12)14-5-3-6-17-7-4-13/h8-10H,3-7,13H2,1-2H3,(H,14,15,16). The van der Waals surface area contributed by atoms with Crippen LogP contribution in [0.25, 0.3) is 0 Å². The molecular weight excluding hydrogens is 232 g/mol. The third-order valence-corrected chi connectivity index (χ3v) is 2.03. The van der Waals surface area contributed by atoms with Crippen molar-refractivity contribution in [3.8, 4) is 5.88 Å².